The van der Waals surface area contributed by atoms with Crippen molar-refractivity contribution < 1.29 is 0 Å². The van der Waals surface area contributed by atoms with E-state index in [1.54, 1.807) is 0 Å². The summed E-state index contributed by atoms with van der Waals surface area (Å²) in [4.78, 5) is 2.29. The second-order valence-corrected chi connectivity index (χ2v) is 7.39. The Morgan fingerprint density at radius 2 is 1.00 bits per heavy atom. The molecule has 1 aromatic heterocycles. The van der Waals surface area contributed by atoms with Crippen molar-refractivity contribution >= 4 is 11.4 Å². The van der Waals surface area contributed by atoms with E-state index in [1.165, 1.54) is 0 Å². The first kappa shape index (κ1) is 18.9. The van der Waals surface area contributed by atoms with Gasteiger partial charge in [-0.05, 0) is 35.9 Å². The van der Waals surface area contributed by atoms with Gasteiger partial charge in [-0.15, -0.1) is 0 Å². The Morgan fingerprint density at radius 3 is 1.52 bits per heavy atom. The summed E-state index contributed by atoms with van der Waals surface area (Å²) >= 11 is 0. The Kier molecular flexibility index (Phi) is 5.31. The van der Waals surface area contributed by atoms with Crippen LogP contribution in [0.25, 0.3) is 22.5 Å². The van der Waals surface area contributed by atoms with Crippen molar-refractivity contribution in [3.63, 3.8) is 0 Å². The van der Waals surface area contributed by atoms with Crippen LogP contribution in [0.4, 0.5) is 11.4 Å². The van der Waals surface area contributed by atoms with Crippen LogP contribution in [0.2, 0.25) is 0 Å². The highest BCUT2D eigenvalue weighted by molar-refractivity contribution is 5.69. The van der Waals surface area contributed by atoms with Gasteiger partial charge >= 0.3 is 0 Å². The third kappa shape index (κ3) is 4.12. The first-order valence-electron chi connectivity index (χ1n) is 10.4. The second kappa shape index (κ2) is 8.72. The third-order valence-corrected chi connectivity index (χ3v) is 5.33. The Morgan fingerprint density at radius 1 is 0.548 bits per heavy atom. The molecule has 0 amide bonds. The van der Waals surface area contributed by atoms with Crippen LogP contribution in [0.1, 0.15) is 0 Å². The molecule has 0 spiro atoms. The van der Waals surface area contributed by atoms with Gasteiger partial charge in [0.1, 0.15) is 6.67 Å². The van der Waals surface area contributed by atoms with Crippen LogP contribution in [0.15, 0.2) is 127 Å². The van der Waals surface area contributed by atoms with Crippen LogP contribution in [-0.2, 0) is 6.67 Å². The Labute approximate surface area is 182 Å². The van der Waals surface area contributed by atoms with Crippen molar-refractivity contribution in [3.8, 4) is 22.5 Å². The van der Waals surface area contributed by atoms with Crippen LogP contribution < -0.4 is 4.90 Å². The molecule has 0 unspecified atom stereocenters. The van der Waals surface area contributed by atoms with Crippen molar-refractivity contribution in [2.75, 3.05) is 4.90 Å². The average Bonchev–Trinajstić information content (AvgIpc) is 3.29. The quantitative estimate of drug-likeness (QED) is 0.305. The molecule has 5 aromatic rings. The highest BCUT2D eigenvalue weighted by Gasteiger charge is 2.16. The minimum Gasteiger partial charge on any atom is -0.321 e. The normalized spacial score (nSPS) is 10.7. The summed E-state index contributed by atoms with van der Waals surface area (Å²) in [5.41, 5.74) is 6.59. The number of aromatic nitrogens is 2. The molecule has 0 radical (unpaired) electrons. The van der Waals surface area contributed by atoms with Crippen molar-refractivity contribution in [2.45, 2.75) is 6.67 Å². The predicted molar refractivity (Wildman–Crippen MR) is 128 cm³/mol. The number of para-hydroxylation sites is 2. The lowest BCUT2D eigenvalue weighted by Gasteiger charge is -2.26. The molecule has 0 N–H and O–H groups in total. The van der Waals surface area contributed by atoms with E-state index in [1.807, 2.05) is 24.3 Å². The molecule has 0 fully saturated rings. The maximum atomic E-state index is 5.02. The molecule has 1 heterocycles. The predicted octanol–water partition coefficient (Wildman–Crippen LogP) is 7.01. The number of nitrogens with zero attached hydrogens (tertiary/aromatic N) is 3. The minimum absolute atomic E-state index is 0.602. The lowest BCUT2D eigenvalue weighted by atomic mass is 10.1. The lowest BCUT2D eigenvalue weighted by molar-refractivity contribution is 0.632. The fourth-order valence-corrected chi connectivity index (χ4v) is 3.78. The smallest absolute Gasteiger partial charge is 0.117 e. The zero-order valence-electron chi connectivity index (χ0n) is 17.2. The maximum Gasteiger partial charge on any atom is 0.117 e. The highest BCUT2D eigenvalue weighted by atomic mass is 15.4. The van der Waals surface area contributed by atoms with Crippen molar-refractivity contribution in [2.24, 2.45) is 0 Å². The number of hydrogen-bond donors (Lipinski definition) is 0. The first-order chi connectivity index (χ1) is 15.4. The summed E-state index contributed by atoms with van der Waals surface area (Å²) < 4.78 is 2.09. The van der Waals surface area contributed by atoms with Crippen molar-refractivity contribution in [1.29, 1.82) is 0 Å². The van der Waals surface area contributed by atoms with E-state index in [4.69, 9.17) is 5.10 Å². The summed E-state index contributed by atoms with van der Waals surface area (Å²) in [6.07, 6.45) is 0. The minimum atomic E-state index is 0.602. The fourth-order valence-electron chi connectivity index (χ4n) is 3.78. The molecular weight excluding hydrogens is 378 g/mol. The molecule has 3 heteroatoms. The molecule has 4 aromatic carbocycles. The molecule has 5 rings (SSSR count). The summed E-state index contributed by atoms with van der Waals surface area (Å²) in [6.45, 7) is 0.602. The first-order valence-corrected chi connectivity index (χ1v) is 10.4. The van der Waals surface area contributed by atoms with E-state index < -0.39 is 0 Å². The topological polar surface area (TPSA) is 21.1 Å². The van der Waals surface area contributed by atoms with Gasteiger partial charge in [0, 0.05) is 16.9 Å². The largest absolute Gasteiger partial charge is 0.321 e. The van der Waals surface area contributed by atoms with Gasteiger partial charge in [0.05, 0.1) is 11.4 Å². The SMILES string of the molecule is c1ccc(-c2cc(-c3ccccc3)n(CN(c3ccccc3)c3ccccc3)n2)cc1. The zero-order chi connectivity index (χ0) is 20.9. The summed E-state index contributed by atoms with van der Waals surface area (Å²) in [5.74, 6) is 0. The van der Waals surface area contributed by atoms with Gasteiger partial charge < -0.3 is 4.90 Å². The fraction of sp³-hybridized carbons (Fsp3) is 0.0357. The summed E-state index contributed by atoms with van der Waals surface area (Å²) in [6, 6.07) is 43.9. The third-order valence-electron chi connectivity index (χ3n) is 5.33. The molecule has 3 nitrogen and oxygen atoms in total. The molecule has 31 heavy (non-hydrogen) atoms. The van der Waals surface area contributed by atoms with E-state index in [9.17, 15) is 0 Å². The van der Waals surface area contributed by atoms with Gasteiger partial charge in [-0.1, -0.05) is 97.1 Å². The van der Waals surface area contributed by atoms with Gasteiger partial charge in [-0.3, -0.25) is 0 Å². The second-order valence-electron chi connectivity index (χ2n) is 7.39. The zero-order valence-corrected chi connectivity index (χ0v) is 17.2. The molecule has 0 atom stereocenters. The lowest BCUT2D eigenvalue weighted by Crippen LogP contribution is -2.22. The molecule has 0 saturated carbocycles. The van der Waals surface area contributed by atoms with Gasteiger partial charge in [0.2, 0.25) is 0 Å². The Balaban J connectivity index is 1.61. The number of hydrogen-bond acceptors (Lipinski definition) is 2. The van der Waals surface area contributed by atoms with E-state index >= 15 is 0 Å². The van der Waals surface area contributed by atoms with Crippen molar-refractivity contribution in [3.05, 3.63) is 127 Å². The average molecular weight is 402 g/mol. The summed E-state index contributed by atoms with van der Waals surface area (Å²) in [7, 11) is 0. The van der Waals surface area contributed by atoms with Gasteiger partial charge in [-0.2, -0.15) is 5.10 Å². The van der Waals surface area contributed by atoms with Crippen LogP contribution in [-0.4, -0.2) is 9.78 Å². The van der Waals surface area contributed by atoms with E-state index in [0.29, 0.717) is 6.67 Å². The molecule has 0 aliphatic carbocycles. The summed E-state index contributed by atoms with van der Waals surface area (Å²) in [5, 5.41) is 5.02. The van der Waals surface area contributed by atoms with E-state index in [2.05, 4.69) is 113 Å². The monoisotopic (exact) mass is 401 g/mol. The van der Waals surface area contributed by atoms with E-state index in [0.717, 1.165) is 33.9 Å². The van der Waals surface area contributed by atoms with Crippen LogP contribution >= 0.6 is 0 Å². The Bertz CT molecular complexity index is 1190. The number of rotatable bonds is 6. The van der Waals surface area contributed by atoms with Crippen LogP contribution in [0.5, 0.6) is 0 Å². The standard InChI is InChI=1S/C28H23N3/c1-5-13-23(14-6-1)27-21-28(24-15-7-2-8-16-24)31(29-27)22-30(25-17-9-3-10-18-25)26-19-11-4-12-20-26/h1-21H,22H2. The molecule has 0 aliphatic heterocycles. The number of benzene rings is 4. The van der Waals surface area contributed by atoms with Crippen molar-refractivity contribution in [1.82, 2.24) is 9.78 Å². The molecule has 0 saturated heterocycles. The highest BCUT2D eigenvalue weighted by Crippen LogP contribution is 2.30. The van der Waals surface area contributed by atoms with Gasteiger partial charge in [0.25, 0.3) is 0 Å². The molecular formula is C28H23N3. The van der Waals surface area contributed by atoms with Gasteiger partial charge in [0.15, 0.2) is 0 Å². The van der Waals surface area contributed by atoms with E-state index in [-0.39, 0.29) is 0 Å². The molecule has 150 valence electrons. The maximum absolute atomic E-state index is 5.02. The Hall–Kier alpha value is -4.11. The van der Waals surface area contributed by atoms with Crippen LogP contribution in [0, 0.1) is 0 Å². The molecule has 0 bridgehead atoms. The van der Waals surface area contributed by atoms with Crippen LogP contribution in [0.3, 0.4) is 0 Å². The van der Waals surface area contributed by atoms with Gasteiger partial charge in [-0.25, -0.2) is 4.68 Å². The molecule has 0 aliphatic rings. The number of anilines is 2.